The molecule has 6 heteroatoms. The molecule has 1 aromatic carbocycles. The van der Waals surface area contributed by atoms with Crippen LogP contribution in [0.15, 0.2) is 18.2 Å². The van der Waals surface area contributed by atoms with Gasteiger partial charge >= 0.3 is 0 Å². The van der Waals surface area contributed by atoms with Crippen molar-refractivity contribution in [2.45, 2.75) is 25.5 Å². The first-order valence-electron chi connectivity index (χ1n) is 7.76. The fourth-order valence-corrected chi connectivity index (χ4v) is 2.98. The van der Waals surface area contributed by atoms with Crippen molar-refractivity contribution in [3.05, 3.63) is 35.4 Å². The summed E-state index contributed by atoms with van der Waals surface area (Å²) in [6.07, 6.45) is -0.285. The van der Waals surface area contributed by atoms with E-state index in [2.05, 4.69) is 4.90 Å². The van der Waals surface area contributed by atoms with Crippen LogP contribution < -0.4 is 0 Å². The number of piperazine rings is 1. The Balaban J connectivity index is 1.91. The summed E-state index contributed by atoms with van der Waals surface area (Å²) < 4.78 is 27.3. The van der Waals surface area contributed by atoms with Crippen LogP contribution in [0.4, 0.5) is 8.78 Å². The molecule has 4 nitrogen and oxygen atoms in total. The van der Waals surface area contributed by atoms with Crippen molar-refractivity contribution in [1.82, 2.24) is 9.80 Å². The summed E-state index contributed by atoms with van der Waals surface area (Å²) in [6, 6.07) is 3.77. The molecule has 0 saturated carbocycles. The maximum atomic E-state index is 13.7. The maximum Gasteiger partial charge on any atom is 0.131 e. The molecular formula is C16H24F2N2O2. The Bertz CT molecular complexity index is 455. The molecule has 2 atom stereocenters. The summed E-state index contributed by atoms with van der Waals surface area (Å²) in [7, 11) is 0. The SMILES string of the molecule is CCC(CO)N1CCN(CC(O)c2c(F)cccc2F)CC1. The van der Waals surface area contributed by atoms with E-state index < -0.39 is 17.7 Å². The summed E-state index contributed by atoms with van der Waals surface area (Å²) in [5.41, 5.74) is -0.258. The monoisotopic (exact) mass is 314 g/mol. The molecule has 0 amide bonds. The van der Waals surface area contributed by atoms with Crippen molar-refractivity contribution in [1.29, 1.82) is 0 Å². The zero-order valence-corrected chi connectivity index (χ0v) is 12.9. The second-order valence-corrected chi connectivity index (χ2v) is 5.73. The number of hydrogen-bond donors (Lipinski definition) is 2. The predicted octanol–water partition coefficient (Wildman–Crippen LogP) is 1.39. The Hall–Kier alpha value is -1.08. The topological polar surface area (TPSA) is 46.9 Å². The van der Waals surface area contributed by atoms with Gasteiger partial charge in [0.1, 0.15) is 11.6 Å². The van der Waals surface area contributed by atoms with Gasteiger partial charge in [-0.3, -0.25) is 9.80 Å². The molecule has 1 fully saturated rings. The average molecular weight is 314 g/mol. The van der Waals surface area contributed by atoms with Crippen LogP contribution >= 0.6 is 0 Å². The Labute approximate surface area is 130 Å². The van der Waals surface area contributed by atoms with Crippen molar-refractivity contribution >= 4 is 0 Å². The van der Waals surface area contributed by atoms with E-state index >= 15 is 0 Å². The number of benzene rings is 1. The highest BCUT2D eigenvalue weighted by Crippen LogP contribution is 2.22. The largest absolute Gasteiger partial charge is 0.395 e. The molecule has 2 unspecified atom stereocenters. The lowest BCUT2D eigenvalue weighted by Gasteiger charge is -2.39. The van der Waals surface area contributed by atoms with Gasteiger partial charge in [-0.2, -0.15) is 0 Å². The molecule has 2 rings (SSSR count). The standard InChI is InChI=1S/C16H24F2N2O2/c1-2-12(11-21)20-8-6-19(7-9-20)10-15(22)16-13(17)4-3-5-14(16)18/h3-5,12,15,21-22H,2,6-11H2,1H3. The highest BCUT2D eigenvalue weighted by Gasteiger charge is 2.25. The van der Waals surface area contributed by atoms with E-state index in [1.54, 1.807) is 0 Å². The van der Waals surface area contributed by atoms with Gasteiger partial charge in [0, 0.05) is 38.8 Å². The summed E-state index contributed by atoms with van der Waals surface area (Å²) in [5, 5.41) is 19.4. The van der Waals surface area contributed by atoms with Crippen molar-refractivity contribution in [3.63, 3.8) is 0 Å². The van der Waals surface area contributed by atoms with Crippen LogP contribution in [0.5, 0.6) is 0 Å². The molecule has 22 heavy (non-hydrogen) atoms. The van der Waals surface area contributed by atoms with Gasteiger partial charge in [-0.15, -0.1) is 0 Å². The molecule has 0 aromatic heterocycles. The number of hydrogen-bond acceptors (Lipinski definition) is 4. The van der Waals surface area contributed by atoms with E-state index in [0.717, 1.165) is 31.6 Å². The molecule has 1 aliphatic heterocycles. The lowest BCUT2D eigenvalue weighted by atomic mass is 10.1. The molecule has 0 spiro atoms. The van der Waals surface area contributed by atoms with Gasteiger partial charge in [-0.05, 0) is 18.6 Å². The van der Waals surface area contributed by atoms with E-state index in [0.29, 0.717) is 13.1 Å². The molecule has 2 N–H and O–H groups in total. The molecule has 0 aliphatic carbocycles. The number of aliphatic hydroxyl groups excluding tert-OH is 2. The molecule has 1 aliphatic rings. The van der Waals surface area contributed by atoms with Gasteiger partial charge in [0.25, 0.3) is 0 Å². The van der Waals surface area contributed by atoms with Crippen molar-refractivity contribution in [2.75, 3.05) is 39.3 Å². The minimum Gasteiger partial charge on any atom is -0.395 e. The van der Waals surface area contributed by atoms with Crippen LogP contribution in [0.25, 0.3) is 0 Å². The second-order valence-electron chi connectivity index (χ2n) is 5.73. The quantitative estimate of drug-likeness (QED) is 0.833. The predicted molar refractivity (Wildman–Crippen MR) is 80.5 cm³/mol. The molecular weight excluding hydrogens is 290 g/mol. The van der Waals surface area contributed by atoms with E-state index in [1.165, 1.54) is 6.07 Å². The highest BCUT2D eigenvalue weighted by molar-refractivity contribution is 5.22. The Morgan fingerprint density at radius 3 is 2.23 bits per heavy atom. The molecule has 0 radical (unpaired) electrons. The lowest BCUT2D eigenvalue weighted by Crippen LogP contribution is -2.51. The number of nitrogens with zero attached hydrogens (tertiary/aromatic N) is 2. The van der Waals surface area contributed by atoms with Crippen molar-refractivity contribution < 1.29 is 19.0 Å². The summed E-state index contributed by atoms with van der Waals surface area (Å²) in [4.78, 5) is 4.21. The van der Waals surface area contributed by atoms with Crippen molar-refractivity contribution in [3.8, 4) is 0 Å². The third-order valence-electron chi connectivity index (χ3n) is 4.37. The van der Waals surface area contributed by atoms with Crippen LogP contribution in [0.2, 0.25) is 0 Å². The third-order valence-corrected chi connectivity index (χ3v) is 4.37. The Morgan fingerprint density at radius 1 is 1.14 bits per heavy atom. The molecule has 1 saturated heterocycles. The summed E-state index contributed by atoms with van der Waals surface area (Å²) >= 11 is 0. The van der Waals surface area contributed by atoms with Gasteiger partial charge in [0.2, 0.25) is 0 Å². The van der Waals surface area contributed by atoms with E-state index in [9.17, 15) is 19.0 Å². The number of halogens is 2. The summed E-state index contributed by atoms with van der Waals surface area (Å²) in [5.74, 6) is -1.42. The van der Waals surface area contributed by atoms with Crippen LogP contribution in [0.3, 0.4) is 0 Å². The van der Waals surface area contributed by atoms with Crippen LogP contribution in [-0.2, 0) is 0 Å². The molecule has 1 heterocycles. The van der Waals surface area contributed by atoms with E-state index in [4.69, 9.17) is 0 Å². The van der Waals surface area contributed by atoms with Gasteiger partial charge in [0.05, 0.1) is 18.3 Å². The Morgan fingerprint density at radius 2 is 1.73 bits per heavy atom. The molecule has 1 aromatic rings. The number of aliphatic hydroxyl groups is 2. The first-order valence-corrected chi connectivity index (χ1v) is 7.76. The number of rotatable bonds is 6. The summed E-state index contributed by atoms with van der Waals surface area (Å²) in [6.45, 7) is 5.38. The van der Waals surface area contributed by atoms with Crippen LogP contribution in [-0.4, -0.2) is 65.4 Å². The normalized spacial score (nSPS) is 20.0. The smallest absolute Gasteiger partial charge is 0.131 e. The van der Waals surface area contributed by atoms with E-state index in [1.807, 2.05) is 11.8 Å². The minimum atomic E-state index is -1.17. The van der Waals surface area contributed by atoms with E-state index in [-0.39, 0.29) is 24.8 Å². The van der Waals surface area contributed by atoms with Gasteiger partial charge in [-0.1, -0.05) is 13.0 Å². The Kier molecular flexibility index (Phi) is 6.26. The average Bonchev–Trinajstić information content (AvgIpc) is 2.50. The zero-order valence-electron chi connectivity index (χ0n) is 12.9. The fourth-order valence-electron chi connectivity index (χ4n) is 2.98. The highest BCUT2D eigenvalue weighted by atomic mass is 19.1. The second kappa shape index (κ2) is 7.97. The maximum absolute atomic E-state index is 13.7. The van der Waals surface area contributed by atoms with Gasteiger partial charge in [-0.25, -0.2) is 8.78 Å². The van der Waals surface area contributed by atoms with Gasteiger partial charge in [0.15, 0.2) is 0 Å². The fraction of sp³-hybridized carbons (Fsp3) is 0.625. The molecule has 0 bridgehead atoms. The first kappa shape index (κ1) is 17.3. The first-order chi connectivity index (χ1) is 10.6. The van der Waals surface area contributed by atoms with Gasteiger partial charge < -0.3 is 10.2 Å². The van der Waals surface area contributed by atoms with Crippen molar-refractivity contribution in [2.24, 2.45) is 0 Å². The number of β-amino-alcohol motifs (C(OH)–C–C–N with tert-alkyl or cyclic N) is 1. The molecule has 124 valence electrons. The third kappa shape index (κ3) is 4.01. The van der Waals surface area contributed by atoms with Crippen LogP contribution in [0, 0.1) is 11.6 Å². The zero-order chi connectivity index (χ0) is 16.1. The van der Waals surface area contributed by atoms with Crippen LogP contribution in [0.1, 0.15) is 25.0 Å². The minimum absolute atomic E-state index is 0.138. The lowest BCUT2D eigenvalue weighted by molar-refractivity contribution is 0.0378.